The smallest absolute Gasteiger partial charge is 0.403 e. The molecule has 0 saturated heterocycles. The van der Waals surface area contributed by atoms with Crippen molar-refractivity contribution in [3.8, 4) is 17.0 Å². The predicted octanol–water partition coefficient (Wildman–Crippen LogP) is 4.65. The van der Waals surface area contributed by atoms with Gasteiger partial charge in [-0.1, -0.05) is 0 Å². The van der Waals surface area contributed by atoms with E-state index in [-0.39, 0.29) is 18.0 Å². The van der Waals surface area contributed by atoms with Gasteiger partial charge >= 0.3 is 6.36 Å². The van der Waals surface area contributed by atoms with Gasteiger partial charge in [-0.2, -0.15) is 0 Å². The van der Waals surface area contributed by atoms with Gasteiger partial charge in [0.05, 0.1) is 5.69 Å². The Morgan fingerprint density at radius 3 is 2.62 bits per heavy atom. The number of anilines is 1. The molecule has 0 bridgehead atoms. The van der Waals surface area contributed by atoms with Crippen molar-refractivity contribution >= 4 is 11.6 Å². The highest BCUT2D eigenvalue weighted by Gasteiger charge is 2.32. The summed E-state index contributed by atoms with van der Waals surface area (Å²) in [5.74, 6) is -2.06. The maximum Gasteiger partial charge on any atom is 0.573 e. The van der Waals surface area contributed by atoms with Crippen LogP contribution in [0.5, 0.6) is 5.75 Å². The molecule has 1 fully saturated rings. The van der Waals surface area contributed by atoms with E-state index >= 15 is 0 Å². The highest BCUT2D eigenvalue weighted by molar-refractivity contribution is 5.73. The number of nitrogens with zero attached hydrogens (tertiary/aromatic N) is 1. The van der Waals surface area contributed by atoms with Crippen LogP contribution in [-0.2, 0) is 4.79 Å². The lowest BCUT2D eigenvalue weighted by Crippen LogP contribution is -2.40. The number of hydrogen-bond donors (Lipinski definition) is 2. The molecule has 5 nitrogen and oxygen atoms in total. The third-order valence-electron chi connectivity index (χ3n) is 4.67. The molecule has 0 aliphatic heterocycles. The fraction of sp³-hybridized carbons (Fsp3) is 0.400. The zero-order chi connectivity index (χ0) is 21.0. The summed E-state index contributed by atoms with van der Waals surface area (Å²) in [4.78, 5) is 15.4. The molecule has 1 aliphatic rings. The van der Waals surface area contributed by atoms with Crippen LogP contribution in [0.3, 0.4) is 0 Å². The molecule has 3 rings (SSSR count). The van der Waals surface area contributed by atoms with E-state index in [0.29, 0.717) is 11.3 Å². The second kappa shape index (κ2) is 8.67. The molecule has 2 aromatic rings. The quantitative estimate of drug-likeness (QED) is 0.704. The molecule has 29 heavy (non-hydrogen) atoms. The number of halogens is 4. The molecule has 1 amide bonds. The molecule has 1 aromatic carbocycles. The lowest BCUT2D eigenvalue weighted by atomic mass is 9.90. The first-order chi connectivity index (χ1) is 13.7. The Bertz CT molecular complexity index is 873. The summed E-state index contributed by atoms with van der Waals surface area (Å²) in [7, 11) is 0. The summed E-state index contributed by atoms with van der Waals surface area (Å²) in [5.41, 5.74) is 1.52. The maximum atomic E-state index is 14.0. The number of carbonyl (C=O) groups excluding carboxylic acids is 1. The molecule has 1 aromatic heterocycles. The van der Waals surface area contributed by atoms with Crippen LogP contribution in [0.25, 0.3) is 11.3 Å². The van der Waals surface area contributed by atoms with Crippen LogP contribution in [0.4, 0.5) is 23.2 Å². The number of hydrogen-bond acceptors (Lipinski definition) is 4. The standard InChI is InChI=1S/C20H21F4N3O2/c1-12(28)26-14-3-2-4-15(10-14)27-16-7-8-25-18(11-16)13-5-6-19(17(21)9-13)29-20(22,23)24/h5-9,11,14-15H,2-4,10H2,1H3,(H,25,27)(H,26,28)/t14-,15+/m1/s1. The van der Waals surface area contributed by atoms with Gasteiger partial charge in [0.25, 0.3) is 0 Å². The van der Waals surface area contributed by atoms with Crippen molar-refractivity contribution in [2.24, 2.45) is 0 Å². The number of alkyl halides is 3. The largest absolute Gasteiger partial charge is 0.573 e. The zero-order valence-electron chi connectivity index (χ0n) is 15.7. The third kappa shape index (κ3) is 6.07. The molecule has 0 unspecified atom stereocenters. The molecular formula is C20H21F4N3O2. The van der Waals surface area contributed by atoms with Gasteiger partial charge in [0.15, 0.2) is 11.6 Å². The van der Waals surface area contributed by atoms with Crippen molar-refractivity contribution in [1.82, 2.24) is 10.3 Å². The van der Waals surface area contributed by atoms with Gasteiger partial charge in [-0.15, -0.1) is 13.2 Å². The van der Waals surface area contributed by atoms with Gasteiger partial charge in [-0.05, 0) is 56.0 Å². The van der Waals surface area contributed by atoms with Crippen LogP contribution in [0.1, 0.15) is 32.6 Å². The Morgan fingerprint density at radius 2 is 1.93 bits per heavy atom. The highest BCUT2D eigenvalue weighted by atomic mass is 19.4. The summed E-state index contributed by atoms with van der Waals surface area (Å²) in [5, 5.41) is 6.33. The van der Waals surface area contributed by atoms with E-state index in [1.807, 2.05) is 0 Å². The van der Waals surface area contributed by atoms with Gasteiger partial charge in [0, 0.05) is 36.5 Å². The lowest BCUT2D eigenvalue weighted by Gasteiger charge is -2.30. The van der Waals surface area contributed by atoms with E-state index in [2.05, 4.69) is 20.4 Å². The molecule has 0 radical (unpaired) electrons. The number of amides is 1. The molecule has 0 spiro atoms. The highest BCUT2D eigenvalue weighted by Crippen LogP contribution is 2.30. The van der Waals surface area contributed by atoms with E-state index in [1.54, 1.807) is 18.3 Å². The van der Waals surface area contributed by atoms with E-state index in [0.717, 1.165) is 43.5 Å². The van der Waals surface area contributed by atoms with Crippen LogP contribution in [-0.4, -0.2) is 29.3 Å². The topological polar surface area (TPSA) is 63.2 Å². The van der Waals surface area contributed by atoms with E-state index in [4.69, 9.17) is 0 Å². The minimum atomic E-state index is -4.96. The van der Waals surface area contributed by atoms with Crippen LogP contribution >= 0.6 is 0 Å². The molecular weight excluding hydrogens is 390 g/mol. The summed E-state index contributed by atoms with van der Waals surface area (Å²) in [6.45, 7) is 1.50. The molecule has 1 aliphatic carbocycles. The first-order valence-electron chi connectivity index (χ1n) is 9.25. The number of benzene rings is 1. The molecule has 2 atom stereocenters. The average Bonchev–Trinajstić information content (AvgIpc) is 2.62. The zero-order valence-corrected chi connectivity index (χ0v) is 15.7. The first kappa shape index (κ1) is 20.9. The van der Waals surface area contributed by atoms with Crippen LogP contribution < -0.4 is 15.4 Å². The minimum Gasteiger partial charge on any atom is -0.403 e. The Morgan fingerprint density at radius 1 is 1.17 bits per heavy atom. The Balaban J connectivity index is 1.71. The number of ether oxygens (including phenoxy) is 1. The molecule has 1 saturated carbocycles. The third-order valence-corrected chi connectivity index (χ3v) is 4.67. The lowest BCUT2D eigenvalue weighted by molar-refractivity contribution is -0.275. The maximum absolute atomic E-state index is 14.0. The summed E-state index contributed by atoms with van der Waals surface area (Å²) >= 11 is 0. The van der Waals surface area contributed by atoms with Gasteiger partial charge in [-0.25, -0.2) is 4.39 Å². The number of rotatable bonds is 5. The Labute approximate surface area is 165 Å². The SMILES string of the molecule is CC(=O)N[C@@H]1CCC[C@H](Nc2ccnc(-c3ccc(OC(F)(F)F)c(F)c3)c2)C1. The number of aromatic nitrogens is 1. The first-order valence-corrected chi connectivity index (χ1v) is 9.25. The molecule has 156 valence electrons. The number of pyridine rings is 1. The van der Waals surface area contributed by atoms with Crippen molar-refractivity contribution in [3.63, 3.8) is 0 Å². The summed E-state index contributed by atoms with van der Waals surface area (Å²) < 4.78 is 54.5. The van der Waals surface area contributed by atoms with Gasteiger partial charge in [0.1, 0.15) is 0 Å². The fourth-order valence-electron chi connectivity index (χ4n) is 3.52. The molecule has 1 heterocycles. The second-order valence-corrected chi connectivity index (χ2v) is 7.03. The minimum absolute atomic E-state index is 0.0539. The van der Waals surface area contributed by atoms with E-state index in [9.17, 15) is 22.4 Å². The predicted molar refractivity (Wildman–Crippen MR) is 99.8 cm³/mol. The van der Waals surface area contributed by atoms with Crippen molar-refractivity contribution in [2.45, 2.75) is 51.1 Å². The number of carbonyl (C=O) groups is 1. The van der Waals surface area contributed by atoms with Crippen LogP contribution in [0.2, 0.25) is 0 Å². The molecule has 9 heteroatoms. The van der Waals surface area contributed by atoms with Gasteiger partial charge in [-0.3, -0.25) is 9.78 Å². The van der Waals surface area contributed by atoms with Gasteiger partial charge < -0.3 is 15.4 Å². The summed E-state index contributed by atoms with van der Waals surface area (Å²) in [6, 6.07) is 6.97. The fourth-order valence-corrected chi connectivity index (χ4v) is 3.52. The van der Waals surface area contributed by atoms with Gasteiger partial charge in [0.2, 0.25) is 5.91 Å². The van der Waals surface area contributed by atoms with Crippen LogP contribution in [0.15, 0.2) is 36.5 Å². The number of nitrogens with one attached hydrogen (secondary N) is 2. The van der Waals surface area contributed by atoms with Crippen LogP contribution in [0, 0.1) is 5.82 Å². The monoisotopic (exact) mass is 411 g/mol. The van der Waals surface area contributed by atoms with Crippen molar-refractivity contribution in [3.05, 3.63) is 42.3 Å². The molecule has 2 N–H and O–H groups in total. The average molecular weight is 411 g/mol. The van der Waals surface area contributed by atoms with Crippen molar-refractivity contribution in [2.75, 3.05) is 5.32 Å². The second-order valence-electron chi connectivity index (χ2n) is 7.03. The van der Waals surface area contributed by atoms with E-state index in [1.165, 1.54) is 13.0 Å². The Hall–Kier alpha value is -2.84. The summed E-state index contributed by atoms with van der Waals surface area (Å²) in [6.07, 6.45) is 0.238. The normalized spacial score (nSPS) is 19.5. The van der Waals surface area contributed by atoms with E-state index < -0.39 is 17.9 Å². The van der Waals surface area contributed by atoms with Crippen molar-refractivity contribution < 1.29 is 27.1 Å². The van der Waals surface area contributed by atoms with Crippen molar-refractivity contribution in [1.29, 1.82) is 0 Å². The Kier molecular flexibility index (Phi) is 6.24.